The van der Waals surface area contributed by atoms with Gasteiger partial charge in [-0.25, -0.2) is 9.97 Å². The van der Waals surface area contributed by atoms with Crippen LogP contribution in [0.15, 0.2) is 56.8 Å². The van der Waals surface area contributed by atoms with Crippen molar-refractivity contribution >= 4 is 39.5 Å². The number of anilines is 1. The summed E-state index contributed by atoms with van der Waals surface area (Å²) in [6, 6.07) is 9.21. The Morgan fingerprint density at radius 3 is 2.74 bits per heavy atom. The number of aromatic nitrogens is 4. The zero-order valence-corrected chi connectivity index (χ0v) is 14.0. The molecule has 1 amide bonds. The van der Waals surface area contributed by atoms with Crippen molar-refractivity contribution in [2.45, 2.75) is 5.22 Å². The number of carbonyl (C=O) groups is 1. The Morgan fingerprint density at radius 1 is 1.17 bits per heavy atom. The Kier molecular flexibility index (Phi) is 4.99. The van der Waals surface area contributed by atoms with E-state index in [4.69, 9.17) is 4.42 Å². The maximum atomic E-state index is 11.8. The molecule has 0 unspecified atom stereocenters. The number of nitrogens with zero attached hydrogens (tertiary/aromatic N) is 4. The van der Waals surface area contributed by atoms with Crippen LogP contribution in [0.25, 0.3) is 11.5 Å². The fourth-order valence-corrected chi connectivity index (χ4v) is 2.68. The summed E-state index contributed by atoms with van der Waals surface area (Å²) in [7, 11) is 0. The lowest BCUT2D eigenvalue weighted by molar-refractivity contribution is -0.113. The zero-order chi connectivity index (χ0) is 16.1. The van der Waals surface area contributed by atoms with E-state index >= 15 is 0 Å². The number of rotatable bonds is 5. The van der Waals surface area contributed by atoms with Gasteiger partial charge in [0.1, 0.15) is 0 Å². The highest BCUT2D eigenvalue weighted by Crippen LogP contribution is 2.28. The highest BCUT2D eigenvalue weighted by molar-refractivity contribution is 9.10. The average molecular weight is 392 g/mol. The summed E-state index contributed by atoms with van der Waals surface area (Å²) in [5.74, 6) is 0.529. The van der Waals surface area contributed by atoms with Crippen LogP contribution in [-0.4, -0.2) is 31.8 Å². The molecule has 0 saturated heterocycles. The molecule has 3 aromatic rings. The SMILES string of the molecule is O=C(CSc1nnc(-c2ccccc2Br)o1)Nc1ncccn1. The monoisotopic (exact) mass is 391 g/mol. The van der Waals surface area contributed by atoms with Crippen molar-refractivity contribution in [2.24, 2.45) is 0 Å². The predicted octanol–water partition coefficient (Wildman–Crippen LogP) is 3.02. The van der Waals surface area contributed by atoms with Crippen molar-refractivity contribution < 1.29 is 9.21 Å². The number of hydrogen-bond acceptors (Lipinski definition) is 7. The minimum Gasteiger partial charge on any atom is -0.411 e. The van der Waals surface area contributed by atoms with Crippen molar-refractivity contribution in [3.05, 3.63) is 47.2 Å². The quantitative estimate of drug-likeness (QED) is 0.667. The predicted molar refractivity (Wildman–Crippen MR) is 88.8 cm³/mol. The van der Waals surface area contributed by atoms with E-state index in [0.717, 1.165) is 21.8 Å². The summed E-state index contributed by atoms with van der Waals surface area (Å²) in [4.78, 5) is 19.6. The van der Waals surface area contributed by atoms with Crippen molar-refractivity contribution in [3.8, 4) is 11.5 Å². The van der Waals surface area contributed by atoms with Crippen LogP contribution in [-0.2, 0) is 4.79 Å². The van der Waals surface area contributed by atoms with Crippen molar-refractivity contribution in [2.75, 3.05) is 11.1 Å². The molecule has 7 nitrogen and oxygen atoms in total. The van der Waals surface area contributed by atoms with E-state index in [-0.39, 0.29) is 17.6 Å². The Morgan fingerprint density at radius 2 is 1.96 bits per heavy atom. The molecule has 0 bridgehead atoms. The number of nitrogens with one attached hydrogen (secondary N) is 1. The first-order chi connectivity index (χ1) is 11.2. The fourth-order valence-electron chi connectivity index (χ4n) is 1.66. The van der Waals surface area contributed by atoms with E-state index in [1.54, 1.807) is 18.5 Å². The topological polar surface area (TPSA) is 93.8 Å². The van der Waals surface area contributed by atoms with Gasteiger partial charge in [-0.1, -0.05) is 23.9 Å². The number of benzene rings is 1. The molecule has 0 atom stereocenters. The Hall–Kier alpha value is -2.26. The molecule has 2 aromatic heterocycles. The second kappa shape index (κ2) is 7.34. The van der Waals surface area contributed by atoms with Gasteiger partial charge in [0.05, 0.1) is 11.3 Å². The van der Waals surface area contributed by atoms with E-state index in [2.05, 4.69) is 41.4 Å². The fraction of sp³-hybridized carbons (Fsp3) is 0.0714. The summed E-state index contributed by atoms with van der Waals surface area (Å²) in [6.07, 6.45) is 3.11. The lowest BCUT2D eigenvalue weighted by Crippen LogP contribution is -2.15. The van der Waals surface area contributed by atoms with Crippen LogP contribution in [0.3, 0.4) is 0 Å². The molecular formula is C14H10BrN5O2S. The van der Waals surface area contributed by atoms with Crippen molar-refractivity contribution in [3.63, 3.8) is 0 Å². The zero-order valence-electron chi connectivity index (χ0n) is 11.6. The Balaban J connectivity index is 1.59. The first kappa shape index (κ1) is 15.6. The molecule has 9 heteroatoms. The van der Waals surface area contributed by atoms with E-state index in [1.807, 2.05) is 24.3 Å². The van der Waals surface area contributed by atoms with Gasteiger partial charge in [0.25, 0.3) is 5.22 Å². The summed E-state index contributed by atoms with van der Waals surface area (Å²) in [6.45, 7) is 0. The smallest absolute Gasteiger partial charge is 0.277 e. The van der Waals surface area contributed by atoms with Crippen LogP contribution in [0.2, 0.25) is 0 Å². The number of halogens is 1. The lowest BCUT2D eigenvalue weighted by Gasteiger charge is -2.00. The van der Waals surface area contributed by atoms with Gasteiger partial charge in [-0.2, -0.15) is 0 Å². The van der Waals surface area contributed by atoms with Gasteiger partial charge in [-0.3, -0.25) is 10.1 Å². The van der Waals surface area contributed by atoms with Crippen LogP contribution in [0.1, 0.15) is 0 Å². The van der Waals surface area contributed by atoms with Crippen LogP contribution in [0.5, 0.6) is 0 Å². The molecule has 2 heterocycles. The number of hydrogen-bond donors (Lipinski definition) is 1. The maximum Gasteiger partial charge on any atom is 0.277 e. The minimum atomic E-state index is -0.248. The second-order valence-corrected chi connectivity index (χ2v) is 6.04. The largest absolute Gasteiger partial charge is 0.411 e. The minimum absolute atomic E-state index is 0.121. The van der Waals surface area contributed by atoms with Gasteiger partial charge in [-0.15, -0.1) is 10.2 Å². The highest BCUT2D eigenvalue weighted by atomic mass is 79.9. The molecule has 0 aliphatic heterocycles. The molecule has 0 aliphatic carbocycles. The molecule has 1 aromatic carbocycles. The molecule has 116 valence electrons. The van der Waals surface area contributed by atoms with Crippen LogP contribution in [0, 0.1) is 0 Å². The number of thioether (sulfide) groups is 1. The first-order valence-corrected chi connectivity index (χ1v) is 8.28. The molecule has 1 N–H and O–H groups in total. The van der Waals surface area contributed by atoms with E-state index in [0.29, 0.717) is 11.1 Å². The van der Waals surface area contributed by atoms with E-state index in [1.165, 1.54) is 0 Å². The molecule has 23 heavy (non-hydrogen) atoms. The van der Waals surface area contributed by atoms with Crippen LogP contribution < -0.4 is 5.32 Å². The summed E-state index contributed by atoms with van der Waals surface area (Å²) in [5, 5.41) is 10.8. The maximum absolute atomic E-state index is 11.8. The molecule has 0 saturated carbocycles. The molecule has 0 aliphatic rings. The highest BCUT2D eigenvalue weighted by Gasteiger charge is 2.13. The lowest BCUT2D eigenvalue weighted by atomic mass is 10.2. The third-order valence-electron chi connectivity index (χ3n) is 2.65. The Labute approximate surface area is 144 Å². The van der Waals surface area contributed by atoms with Crippen LogP contribution in [0.4, 0.5) is 5.95 Å². The van der Waals surface area contributed by atoms with Gasteiger partial charge < -0.3 is 4.42 Å². The molecular weight excluding hydrogens is 382 g/mol. The third-order valence-corrected chi connectivity index (χ3v) is 4.16. The van der Waals surface area contributed by atoms with Gasteiger partial charge in [0.2, 0.25) is 17.7 Å². The summed E-state index contributed by atoms with van der Waals surface area (Å²) < 4.78 is 6.41. The van der Waals surface area contributed by atoms with Crippen LogP contribution >= 0.6 is 27.7 Å². The molecule has 0 spiro atoms. The third kappa shape index (κ3) is 4.14. The molecule has 3 rings (SSSR count). The normalized spacial score (nSPS) is 10.5. The second-order valence-electron chi connectivity index (χ2n) is 4.26. The Bertz CT molecular complexity index is 812. The summed E-state index contributed by atoms with van der Waals surface area (Å²) >= 11 is 4.57. The molecule has 0 radical (unpaired) electrons. The standard InChI is InChI=1S/C14H10BrN5O2S/c15-10-5-2-1-4-9(10)12-19-20-14(22-12)23-8-11(21)18-13-16-6-3-7-17-13/h1-7H,8H2,(H,16,17,18,21). The van der Waals surface area contributed by atoms with Gasteiger partial charge in [0, 0.05) is 16.9 Å². The van der Waals surface area contributed by atoms with Gasteiger partial charge in [0.15, 0.2) is 0 Å². The van der Waals surface area contributed by atoms with Crippen molar-refractivity contribution in [1.82, 2.24) is 20.2 Å². The number of carbonyl (C=O) groups excluding carboxylic acids is 1. The van der Waals surface area contributed by atoms with Gasteiger partial charge in [-0.05, 0) is 34.1 Å². The van der Waals surface area contributed by atoms with E-state index in [9.17, 15) is 4.79 Å². The number of amides is 1. The van der Waals surface area contributed by atoms with E-state index < -0.39 is 0 Å². The van der Waals surface area contributed by atoms with Gasteiger partial charge >= 0.3 is 0 Å². The summed E-state index contributed by atoms with van der Waals surface area (Å²) in [5.41, 5.74) is 0.800. The first-order valence-electron chi connectivity index (χ1n) is 6.50. The average Bonchev–Trinajstić information content (AvgIpc) is 3.03. The molecule has 0 fully saturated rings. The van der Waals surface area contributed by atoms with Crippen molar-refractivity contribution in [1.29, 1.82) is 0 Å².